The third kappa shape index (κ3) is 13.4. The van der Waals surface area contributed by atoms with E-state index in [1.165, 1.54) is 76.5 Å². The van der Waals surface area contributed by atoms with Gasteiger partial charge in [0.2, 0.25) is 0 Å². The number of aliphatic hydroxyl groups is 2. The van der Waals surface area contributed by atoms with Gasteiger partial charge < -0.3 is 14.9 Å². The molecule has 2 unspecified atom stereocenters. The Balaban J connectivity index is 3.47. The molecule has 0 radical (unpaired) electrons. The molecule has 0 aliphatic carbocycles. The summed E-state index contributed by atoms with van der Waals surface area (Å²) in [5, 5.41) is 18.5. The number of hydrogen-bond acceptors (Lipinski definition) is 5. The molecule has 0 aromatic heterocycles. The molecule has 0 fully saturated rings. The highest BCUT2D eigenvalue weighted by atomic mass is 32.2. The standard InChI is InChI=1S/C17H34O4S/c1-3-4-5-6-7-8-9-10-11-12-13-22-17(16(20)14-18)21-15(2)19/h16-18,20H,3-14H2,1-2H3. The molecule has 0 aliphatic rings. The lowest BCUT2D eigenvalue weighted by Gasteiger charge is -2.20. The highest BCUT2D eigenvalue weighted by Gasteiger charge is 2.21. The molecular formula is C17H34O4S. The van der Waals surface area contributed by atoms with E-state index in [1.54, 1.807) is 0 Å². The molecule has 0 aliphatic heterocycles. The average molecular weight is 335 g/mol. The predicted octanol–water partition coefficient (Wildman–Crippen LogP) is 3.88. The molecule has 2 atom stereocenters. The van der Waals surface area contributed by atoms with Crippen molar-refractivity contribution >= 4 is 17.7 Å². The van der Waals surface area contributed by atoms with Crippen molar-refractivity contribution in [2.24, 2.45) is 0 Å². The Morgan fingerprint density at radius 2 is 1.50 bits per heavy atom. The summed E-state index contributed by atoms with van der Waals surface area (Å²) in [6.45, 7) is 3.17. The minimum Gasteiger partial charge on any atom is -0.449 e. The summed E-state index contributed by atoms with van der Waals surface area (Å²) in [4.78, 5) is 10.9. The molecule has 2 N–H and O–H groups in total. The van der Waals surface area contributed by atoms with Crippen LogP contribution in [-0.2, 0) is 9.53 Å². The Labute approximate surface area is 140 Å². The van der Waals surface area contributed by atoms with E-state index in [0.717, 1.165) is 12.2 Å². The first kappa shape index (κ1) is 21.7. The minimum atomic E-state index is -1.00. The van der Waals surface area contributed by atoms with E-state index in [0.29, 0.717) is 0 Å². The van der Waals surface area contributed by atoms with Crippen molar-refractivity contribution in [2.45, 2.75) is 89.6 Å². The van der Waals surface area contributed by atoms with Crippen LogP contribution in [0, 0.1) is 0 Å². The average Bonchev–Trinajstić information content (AvgIpc) is 2.50. The zero-order valence-corrected chi connectivity index (χ0v) is 15.1. The Hall–Kier alpha value is -0.260. The maximum atomic E-state index is 10.9. The van der Waals surface area contributed by atoms with Crippen molar-refractivity contribution in [2.75, 3.05) is 12.4 Å². The van der Waals surface area contributed by atoms with Gasteiger partial charge in [0.25, 0.3) is 0 Å². The van der Waals surface area contributed by atoms with Gasteiger partial charge in [0, 0.05) is 6.92 Å². The van der Waals surface area contributed by atoms with Gasteiger partial charge in [-0.2, -0.15) is 0 Å². The maximum absolute atomic E-state index is 10.9. The van der Waals surface area contributed by atoms with Crippen molar-refractivity contribution in [3.05, 3.63) is 0 Å². The normalized spacial score (nSPS) is 13.8. The van der Waals surface area contributed by atoms with Gasteiger partial charge in [-0.3, -0.25) is 4.79 Å². The van der Waals surface area contributed by atoms with Crippen molar-refractivity contribution < 1.29 is 19.7 Å². The molecule has 0 saturated heterocycles. The lowest BCUT2D eigenvalue weighted by molar-refractivity contribution is -0.147. The summed E-state index contributed by atoms with van der Waals surface area (Å²) < 4.78 is 5.01. The molecule has 0 saturated carbocycles. The van der Waals surface area contributed by atoms with Gasteiger partial charge in [-0.25, -0.2) is 0 Å². The van der Waals surface area contributed by atoms with E-state index in [1.807, 2.05) is 0 Å². The smallest absolute Gasteiger partial charge is 0.303 e. The molecule has 0 spiro atoms. The van der Waals surface area contributed by atoms with Crippen LogP contribution in [0.1, 0.15) is 78.1 Å². The monoisotopic (exact) mass is 334 g/mol. The molecular weight excluding hydrogens is 300 g/mol. The Morgan fingerprint density at radius 1 is 1.00 bits per heavy atom. The molecule has 0 aromatic carbocycles. The van der Waals surface area contributed by atoms with E-state index in [9.17, 15) is 9.90 Å². The fourth-order valence-corrected chi connectivity index (χ4v) is 3.38. The highest BCUT2D eigenvalue weighted by molar-refractivity contribution is 7.99. The van der Waals surface area contributed by atoms with E-state index < -0.39 is 17.5 Å². The zero-order chi connectivity index (χ0) is 16.6. The number of carbonyl (C=O) groups is 1. The number of ether oxygens (including phenoxy) is 1. The number of carbonyl (C=O) groups excluding carboxylic acids is 1. The van der Waals surface area contributed by atoms with Crippen molar-refractivity contribution in [3.8, 4) is 0 Å². The fourth-order valence-electron chi connectivity index (χ4n) is 2.26. The summed E-state index contributed by atoms with van der Waals surface area (Å²) in [7, 11) is 0. The number of esters is 1. The van der Waals surface area contributed by atoms with Gasteiger partial charge in [-0.1, -0.05) is 64.7 Å². The van der Waals surface area contributed by atoms with Crippen LogP contribution in [0.4, 0.5) is 0 Å². The first-order chi connectivity index (χ1) is 10.6. The van der Waals surface area contributed by atoms with Gasteiger partial charge in [0.1, 0.15) is 6.10 Å². The van der Waals surface area contributed by atoms with Crippen LogP contribution >= 0.6 is 11.8 Å². The molecule has 132 valence electrons. The van der Waals surface area contributed by atoms with Gasteiger partial charge in [-0.15, -0.1) is 11.8 Å². The van der Waals surface area contributed by atoms with E-state index in [2.05, 4.69) is 6.92 Å². The minimum absolute atomic E-state index is 0.386. The van der Waals surface area contributed by atoms with E-state index in [4.69, 9.17) is 9.84 Å². The van der Waals surface area contributed by atoms with Gasteiger partial charge in [0.05, 0.1) is 6.61 Å². The third-order valence-electron chi connectivity index (χ3n) is 3.56. The molecule has 0 amide bonds. The van der Waals surface area contributed by atoms with Crippen LogP contribution in [0.5, 0.6) is 0 Å². The molecule has 5 heteroatoms. The van der Waals surface area contributed by atoms with Crippen molar-refractivity contribution in [1.82, 2.24) is 0 Å². The highest BCUT2D eigenvalue weighted by Crippen LogP contribution is 2.19. The predicted molar refractivity (Wildman–Crippen MR) is 92.9 cm³/mol. The maximum Gasteiger partial charge on any atom is 0.303 e. The number of unbranched alkanes of at least 4 members (excludes halogenated alkanes) is 9. The summed E-state index contributed by atoms with van der Waals surface area (Å²) >= 11 is 1.41. The topological polar surface area (TPSA) is 66.8 Å². The summed E-state index contributed by atoms with van der Waals surface area (Å²) in [6.07, 6.45) is 11.8. The van der Waals surface area contributed by atoms with Gasteiger partial charge >= 0.3 is 5.97 Å². The van der Waals surface area contributed by atoms with E-state index >= 15 is 0 Å². The largest absolute Gasteiger partial charge is 0.449 e. The lowest BCUT2D eigenvalue weighted by Crippen LogP contribution is -2.31. The Bertz CT molecular complexity index is 261. The first-order valence-corrected chi connectivity index (χ1v) is 9.74. The van der Waals surface area contributed by atoms with Gasteiger partial charge in [0.15, 0.2) is 5.44 Å². The first-order valence-electron chi connectivity index (χ1n) is 8.69. The SMILES string of the molecule is CCCCCCCCCCCCSC(OC(C)=O)C(O)CO. The molecule has 22 heavy (non-hydrogen) atoms. The van der Waals surface area contributed by atoms with Crippen molar-refractivity contribution in [1.29, 1.82) is 0 Å². The molecule has 0 rings (SSSR count). The third-order valence-corrected chi connectivity index (χ3v) is 4.83. The van der Waals surface area contributed by atoms with Crippen LogP contribution < -0.4 is 0 Å². The number of hydrogen-bond donors (Lipinski definition) is 2. The van der Waals surface area contributed by atoms with Crippen LogP contribution in [-0.4, -0.2) is 40.1 Å². The summed E-state index contributed by atoms with van der Waals surface area (Å²) in [5.74, 6) is 0.416. The van der Waals surface area contributed by atoms with Crippen LogP contribution in [0.2, 0.25) is 0 Å². The number of aliphatic hydroxyl groups excluding tert-OH is 2. The second-order valence-electron chi connectivity index (χ2n) is 5.78. The quantitative estimate of drug-likeness (QED) is 0.270. The number of rotatable bonds is 15. The second-order valence-corrected chi connectivity index (χ2v) is 6.99. The molecule has 0 aromatic rings. The molecule has 4 nitrogen and oxygen atoms in total. The van der Waals surface area contributed by atoms with Crippen molar-refractivity contribution in [3.63, 3.8) is 0 Å². The Kier molecular flexibility index (Phi) is 15.4. The van der Waals surface area contributed by atoms with Crippen LogP contribution in [0.15, 0.2) is 0 Å². The summed E-state index contributed by atoms with van der Waals surface area (Å²) in [5.41, 5.74) is -0.652. The van der Waals surface area contributed by atoms with Crippen LogP contribution in [0.3, 0.4) is 0 Å². The van der Waals surface area contributed by atoms with Crippen LogP contribution in [0.25, 0.3) is 0 Å². The zero-order valence-electron chi connectivity index (χ0n) is 14.3. The summed E-state index contributed by atoms with van der Waals surface area (Å²) in [6, 6.07) is 0. The Morgan fingerprint density at radius 3 is 1.95 bits per heavy atom. The second kappa shape index (κ2) is 15.6. The number of thioether (sulfide) groups is 1. The molecule has 0 bridgehead atoms. The lowest BCUT2D eigenvalue weighted by atomic mass is 10.1. The fraction of sp³-hybridized carbons (Fsp3) is 0.941. The van der Waals surface area contributed by atoms with Gasteiger partial charge in [-0.05, 0) is 12.2 Å². The molecule has 0 heterocycles. The van der Waals surface area contributed by atoms with E-state index in [-0.39, 0.29) is 6.61 Å².